The SMILES string of the molecule is CCN[Si](C(C)Cl)(C(C)(C)C)C(C)(C)C. The van der Waals surface area contributed by atoms with Gasteiger partial charge in [0.2, 0.25) is 0 Å². The molecule has 0 saturated carbocycles. The highest BCUT2D eigenvalue weighted by molar-refractivity contribution is 6.89. The third-order valence-electron chi connectivity index (χ3n) is 3.42. The molecule has 0 aromatic heterocycles. The van der Waals surface area contributed by atoms with Crippen LogP contribution in [-0.4, -0.2) is 19.8 Å². The van der Waals surface area contributed by atoms with Gasteiger partial charge >= 0.3 is 0 Å². The van der Waals surface area contributed by atoms with E-state index in [0.29, 0.717) is 0 Å². The normalized spacial score (nSPS) is 16.6. The van der Waals surface area contributed by atoms with Crippen molar-refractivity contribution in [1.29, 1.82) is 0 Å². The van der Waals surface area contributed by atoms with E-state index in [0.717, 1.165) is 6.54 Å². The lowest BCUT2D eigenvalue weighted by molar-refractivity contribution is 0.571. The molecule has 0 fully saturated rings. The molecule has 0 aromatic carbocycles. The maximum absolute atomic E-state index is 6.55. The number of nitrogens with one attached hydrogen (secondary N) is 1. The molecule has 1 unspecified atom stereocenters. The van der Waals surface area contributed by atoms with Crippen LogP contribution in [0, 0.1) is 0 Å². The zero-order valence-electron chi connectivity index (χ0n) is 11.7. The molecule has 0 aliphatic rings. The number of rotatable bonds is 3. The second-order valence-corrected chi connectivity index (χ2v) is 13.3. The van der Waals surface area contributed by atoms with Crippen molar-refractivity contribution in [1.82, 2.24) is 4.98 Å². The second kappa shape index (κ2) is 4.76. The first-order chi connectivity index (χ1) is 6.50. The van der Waals surface area contributed by atoms with Crippen molar-refractivity contribution in [3.8, 4) is 0 Å². The Hall–Kier alpha value is 0.467. The molecule has 0 amide bonds. The summed E-state index contributed by atoms with van der Waals surface area (Å²) in [5, 5.41) is 0.766. The van der Waals surface area contributed by atoms with Crippen molar-refractivity contribution in [2.45, 2.75) is 70.5 Å². The first-order valence-electron chi connectivity index (χ1n) is 5.89. The monoisotopic (exact) mass is 249 g/mol. The highest BCUT2D eigenvalue weighted by atomic mass is 35.5. The highest BCUT2D eigenvalue weighted by Gasteiger charge is 2.55. The molecule has 0 radical (unpaired) electrons. The third-order valence-corrected chi connectivity index (χ3v) is 11.2. The van der Waals surface area contributed by atoms with Crippen LogP contribution >= 0.6 is 11.6 Å². The number of halogens is 1. The maximum atomic E-state index is 6.55. The molecule has 0 aromatic rings. The first kappa shape index (κ1) is 15.5. The Balaban J connectivity index is 5.50. The van der Waals surface area contributed by atoms with Gasteiger partial charge in [0.05, 0.1) is 0 Å². The Labute approximate surface area is 102 Å². The summed E-state index contributed by atoms with van der Waals surface area (Å²) < 4.78 is 0. The third kappa shape index (κ3) is 2.77. The predicted octanol–water partition coefficient (Wildman–Crippen LogP) is 4.31. The second-order valence-electron chi connectivity index (χ2n) is 6.45. The predicted molar refractivity (Wildman–Crippen MR) is 74.2 cm³/mol. The fourth-order valence-corrected chi connectivity index (χ4v) is 12.0. The summed E-state index contributed by atoms with van der Waals surface area (Å²) in [5.41, 5.74) is 0. The van der Waals surface area contributed by atoms with Gasteiger partial charge in [0, 0.05) is 5.00 Å². The van der Waals surface area contributed by atoms with Crippen LogP contribution in [0.3, 0.4) is 0 Å². The number of alkyl halides is 1. The standard InChI is InChI=1S/C12H28ClNSi/c1-9-14-15(10(2)13,11(3,4)5)12(6,7)8/h10,14H,9H2,1-8H3. The molecule has 15 heavy (non-hydrogen) atoms. The van der Waals surface area contributed by atoms with Crippen LogP contribution in [0.1, 0.15) is 55.4 Å². The fraction of sp³-hybridized carbons (Fsp3) is 1.00. The van der Waals surface area contributed by atoms with Crippen LogP contribution in [0.25, 0.3) is 0 Å². The zero-order chi connectivity index (χ0) is 12.5. The minimum atomic E-state index is -1.76. The largest absolute Gasteiger partial charge is 0.336 e. The highest BCUT2D eigenvalue weighted by Crippen LogP contribution is 2.52. The van der Waals surface area contributed by atoms with Crippen molar-refractivity contribution in [2.75, 3.05) is 6.54 Å². The van der Waals surface area contributed by atoms with Crippen molar-refractivity contribution in [3.63, 3.8) is 0 Å². The fourth-order valence-electron chi connectivity index (χ4n) is 3.27. The average molecular weight is 250 g/mol. The Bertz CT molecular complexity index is 187. The van der Waals surface area contributed by atoms with Gasteiger partial charge < -0.3 is 4.98 Å². The molecule has 0 rings (SSSR count). The molecule has 0 saturated heterocycles. The molecule has 0 heterocycles. The van der Waals surface area contributed by atoms with Gasteiger partial charge in [-0.2, -0.15) is 0 Å². The van der Waals surface area contributed by atoms with E-state index >= 15 is 0 Å². The average Bonchev–Trinajstić information content (AvgIpc) is 1.93. The van der Waals surface area contributed by atoms with Gasteiger partial charge in [-0.1, -0.05) is 48.5 Å². The minimum absolute atomic E-state index is 0.234. The van der Waals surface area contributed by atoms with Crippen LogP contribution in [0.5, 0.6) is 0 Å². The summed E-state index contributed by atoms with van der Waals surface area (Å²) in [4.78, 5) is 3.78. The van der Waals surface area contributed by atoms with Gasteiger partial charge in [0.25, 0.3) is 0 Å². The lowest BCUT2D eigenvalue weighted by Crippen LogP contribution is -2.68. The Morgan fingerprint density at radius 1 is 1.07 bits per heavy atom. The summed E-state index contributed by atoms with van der Waals surface area (Å²) in [5.74, 6) is 0. The van der Waals surface area contributed by atoms with E-state index < -0.39 is 8.24 Å². The van der Waals surface area contributed by atoms with Gasteiger partial charge in [0.1, 0.15) is 0 Å². The molecular weight excluding hydrogens is 222 g/mol. The van der Waals surface area contributed by atoms with Crippen LogP contribution in [0.4, 0.5) is 0 Å². The van der Waals surface area contributed by atoms with E-state index in [2.05, 4.69) is 60.4 Å². The Kier molecular flexibility index (Phi) is 4.91. The van der Waals surface area contributed by atoms with Gasteiger partial charge in [0.15, 0.2) is 8.24 Å². The van der Waals surface area contributed by atoms with Gasteiger partial charge in [-0.05, 0) is 23.5 Å². The zero-order valence-corrected chi connectivity index (χ0v) is 13.4. The van der Waals surface area contributed by atoms with Crippen LogP contribution in [0.15, 0.2) is 0 Å². The summed E-state index contributed by atoms with van der Waals surface area (Å²) in [6, 6.07) is 0. The number of hydrogen-bond donors (Lipinski definition) is 1. The topological polar surface area (TPSA) is 12.0 Å². The summed E-state index contributed by atoms with van der Waals surface area (Å²) in [7, 11) is -1.76. The van der Waals surface area contributed by atoms with Crippen LogP contribution < -0.4 is 4.98 Å². The first-order valence-corrected chi connectivity index (χ1v) is 8.41. The van der Waals surface area contributed by atoms with Crippen molar-refractivity contribution in [3.05, 3.63) is 0 Å². The molecule has 1 N–H and O–H groups in total. The van der Waals surface area contributed by atoms with E-state index in [-0.39, 0.29) is 15.1 Å². The van der Waals surface area contributed by atoms with E-state index in [1.54, 1.807) is 0 Å². The van der Waals surface area contributed by atoms with Crippen molar-refractivity contribution in [2.24, 2.45) is 0 Å². The maximum Gasteiger partial charge on any atom is 0.154 e. The van der Waals surface area contributed by atoms with E-state index in [1.807, 2.05) is 0 Å². The summed E-state index contributed by atoms with van der Waals surface area (Å²) in [6.45, 7) is 19.3. The summed E-state index contributed by atoms with van der Waals surface area (Å²) in [6.07, 6.45) is 0. The lowest BCUT2D eigenvalue weighted by atomic mass is 10.2. The van der Waals surface area contributed by atoms with E-state index in [9.17, 15) is 0 Å². The molecular formula is C12H28ClNSi. The van der Waals surface area contributed by atoms with Crippen LogP contribution in [0.2, 0.25) is 10.1 Å². The molecule has 92 valence electrons. The molecule has 0 aliphatic carbocycles. The molecule has 0 bridgehead atoms. The van der Waals surface area contributed by atoms with E-state index in [4.69, 9.17) is 11.6 Å². The van der Waals surface area contributed by atoms with Gasteiger partial charge in [-0.25, -0.2) is 0 Å². The lowest BCUT2D eigenvalue weighted by Gasteiger charge is -2.53. The molecule has 3 heteroatoms. The van der Waals surface area contributed by atoms with Crippen molar-refractivity contribution < 1.29 is 0 Å². The smallest absolute Gasteiger partial charge is 0.154 e. The molecule has 1 atom stereocenters. The quantitative estimate of drug-likeness (QED) is 0.581. The van der Waals surface area contributed by atoms with Crippen LogP contribution in [-0.2, 0) is 0 Å². The molecule has 0 spiro atoms. The Morgan fingerprint density at radius 3 is 1.47 bits per heavy atom. The van der Waals surface area contributed by atoms with E-state index in [1.165, 1.54) is 0 Å². The Morgan fingerprint density at radius 2 is 1.40 bits per heavy atom. The van der Waals surface area contributed by atoms with Crippen molar-refractivity contribution >= 4 is 19.8 Å². The minimum Gasteiger partial charge on any atom is -0.336 e. The molecule has 1 nitrogen and oxygen atoms in total. The molecule has 0 aliphatic heterocycles. The van der Waals surface area contributed by atoms with Gasteiger partial charge in [-0.3, -0.25) is 0 Å². The van der Waals surface area contributed by atoms with Gasteiger partial charge in [-0.15, -0.1) is 11.6 Å². The number of hydrogen-bond acceptors (Lipinski definition) is 1. The summed E-state index contributed by atoms with van der Waals surface area (Å²) >= 11 is 6.55.